The highest BCUT2D eigenvalue weighted by atomic mass is 16.4. The lowest BCUT2D eigenvalue weighted by molar-refractivity contribution is -0.136. The summed E-state index contributed by atoms with van der Waals surface area (Å²) in [6.45, 7) is 1.88. The molecule has 1 heterocycles. The van der Waals surface area contributed by atoms with Gasteiger partial charge < -0.3 is 15.2 Å². The number of hydrogen-bond donors (Lipinski definition) is 3. The Balaban J connectivity index is 2.10. The van der Waals surface area contributed by atoms with Crippen LogP contribution in [0.2, 0.25) is 0 Å². The highest BCUT2D eigenvalue weighted by Gasteiger charge is 2.21. The van der Waals surface area contributed by atoms with Gasteiger partial charge in [-0.2, -0.15) is 0 Å². The molecular weight excluding hydrogens is 318 g/mol. The van der Waals surface area contributed by atoms with Gasteiger partial charge >= 0.3 is 11.9 Å². The molecule has 0 amide bonds. The van der Waals surface area contributed by atoms with Gasteiger partial charge in [0.25, 0.3) is 0 Å². The van der Waals surface area contributed by atoms with Crippen LogP contribution >= 0.6 is 0 Å². The van der Waals surface area contributed by atoms with E-state index in [1.54, 1.807) is 24.3 Å². The van der Waals surface area contributed by atoms with E-state index in [0.717, 1.165) is 22.4 Å². The van der Waals surface area contributed by atoms with Crippen molar-refractivity contribution in [1.82, 2.24) is 4.98 Å². The van der Waals surface area contributed by atoms with Gasteiger partial charge in [0, 0.05) is 11.3 Å². The molecule has 0 fully saturated rings. The predicted molar refractivity (Wildman–Crippen MR) is 94.7 cm³/mol. The molecule has 0 radical (unpaired) electrons. The summed E-state index contributed by atoms with van der Waals surface area (Å²) < 4.78 is 0. The second-order valence-corrected chi connectivity index (χ2v) is 5.81. The first-order chi connectivity index (χ1) is 12.0. The third-order valence-corrected chi connectivity index (χ3v) is 4.12. The van der Waals surface area contributed by atoms with E-state index < -0.39 is 11.9 Å². The molecule has 3 aromatic rings. The Morgan fingerprint density at radius 1 is 0.920 bits per heavy atom. The molecule has 0 atom stereocenters. The summed E-state index contributed by atoms with van der Waals surface area (Å²) in [5.41, 5.74) is 4.68. The molecule has 5 nitrogen and oxygen atoms in total. The third-order valence-electron chi connectivity index (χ3n) is 4.12. The first-order valence-corrected chi connectivity index (χ1v) is 7.79. The molecule has 0 aliphatic heterocycles. The SMILES string of the molecule is Cc1c(-c2ccccc2)[nH]c(C(=O)O)c1-c1ccc(CC(=O)O)cc1. The van der Waals surface area contributed by atoms with Crippen molar-refractivity contribution in [3.8, 4) is 22.4 Å². The molecule has 1 aromatic heterocycles. The molecule has 0 saturated heterocycles. The normalized spacial score (nSPS) is 10.6. The van der Waals surface area contributed by atoms with E-state index in [-0.39, 0.29) is 12.1 Å². The second kappa shape index (κ2) is 6.65. The van der Waals surface area contributed by atoms with Gasteiger partial charge in [-0.3, -0.25) is 4.79 Å². The van der Waals surface area contributed by atoms with Gasteiger partial charge in [-0.05, 0) is 29.2 Å². The van der Waals surface area contributed by atoms with E-state index in [1.165, 1.54) is 0 Å². The Labute approximate surface area is 144 Å². The van der Waals surface area contributed by atoms with Crippen molar-refractivity contribution in [3.63, 3.8) is 0 Å². The quantitative estimate of drug-likeness (QED) is 0.658. The number of aliphatic carboxylic acids is 1. The van der Waals surface area contributed by atoms with Gasteiger partial charge in [0.15, 0.2) is 0 Å². The van der Waals surface area contributed by atoms with Crippen LogP contribution < -0.4 is 0 Å². The first kappa shape index (κ1) is 16.5. The Morgan fingerprint density at radius 3 is 2.12 bits per heavy atom. The van der Waals surface area contributed by atoms with Gasteiger partial charge in [0.05, 0.1) is 6.42 Å². The predicted octanol–water partition coefficient (Wildman–Crippen LogP) is 3.98. The summed E-state index contributed by atoms with van der Waals surface area (Å²) in [7, 11) is 0. The standard InChI is InChI=1S/C20H17NO4/c1-12-17(14-9-7-13(8-10-14)11-16(22)23)19(20(24)25)21-18(12)15-5-3-2-4-6-15/h2-10,21H,11H2,1H3,(H,22,23)(H,24,25). The number of nitrogens with one attached hydrogen (secondary N) is 1. The average molecular weight is 335 g/mol. The highest BCUT2D eigenvalue weighted by Crippen LogP contribution is 2.35. The Bertz CT molecular complexity index is 924. The first-order valence-electron chi connectivity index (χ1n) is 7.79. The number of aromatic carboxylic acids is 1. The van der Waals surface area contributed by atoms with Gasteiger partial charge in [-0.15, -0.1) is 0 Å². The van der Waals surface area contributed by atoms with Crippen LogP contribution in [-0.2, 0) is 11.2 Å². The summed E-state index contributed by atoms with van der Waals surface area (Å²) >= 11 is 0. The van der Waals surface area contributed by atoms with Gasteiger partial charge in [0.1, 0.15) is 5.69 Å². The van der Waals surface area contributed by atoms with Crippen molar-refractivity contribution in [2.75, 3.05) is 0 Å². The van der Waals surface area contributed by atoms with E-state index in [9.17, 15) is 14.7 Å². The molecule has 0 unspecified atom stereocenters. The third kappa shape index (κ3) is 3.30. The molecule has 25 heavy (non-hydrogen) atoms. The number of aromatic nitrogens is 1. The molecular formula is C20H17NO4. The fourth-order valence-corrected chi connectivity index (χ4v) is 2.97. The number of benzene rings is 2. The summed E-state index contributed by atoms with van der Waals surface area (Å²) in [6.07, 6.45) is -0.0621. The zero-order valence-corrected chi connectivity index (χ0v) is 13.6. The van der Waals surface area contributed by atoms with E-state index in [4.69, 9.17) is 5.11 Å². The number of rotatable bonds is 5. The molecule has 0 aliphatic carbocycles. The maximum atomic E-state index is 11.7. The lowest BCUT2D eigenvalue weighted by atomic mass is 9.97. The number of carbonyl (C=O) groups is 2. The number of aromatic amines is 1. The molecule has 0 saturated carbocycles. The number of hydrogen-bond acceptors (Lipinski definition) is 2. The van der Waals surface area contributed by atoms with Crippen LogP contribution in [0.3, 0.4) is 0 Å². The van der Waals surface area contributed by atoms with Crippen LogP contribution in [-0.4, -0.2) is 27.1 Å². The topological polar surface area (TPSA) is 90.4 Å². The van der Waals surface area contributed by atoms with Crippen LogP contribution in [0.4, 0.5) is 0 Å². The molecule has 0 bridgehead atoms. The van der Waals surface area contributed by atoms with Gasteiger partial charge in [-0.1, -0.05) is 54.6 Å². The lowest BCUT2D eigenvalue weighted by Crippen LogP contribution is -2.01. The molecule has 2 aromatic carbocycles. The van der Waals surface area contributed by atoms with Crippen LogP contribution in [0.15, 0.2) is 54.6 Å². The number of H-pyrrole nitrogens is 1. The van der Waals surface area contributed by atoms with Gasteiger partial charge in [0.2, 0.25) is 0 Å². The van der Waals surface area contributed by atoms with Gasteiger partial charge in [-0.25, -0.2) is 4.79 Å². The van der Waals surface area contributed by atoms with Crippen LogP contribution in [0.1, 0.15) is 21.6 Å². The van der Waals surface area contributed by atoms with Crippen LogP contribution in [0.5, 0.6) is 0 Å². The second-order valence-electron chi connectivity index (χ2n) is 5.81. The van der Waals surface area contributed by atoms with Crippen LogP contribution in [0.25, 0.3) is 22.4 Å². The summed E-state index contributed by atoms with van der Waals surface area (Å²) in [6, 6.07) is 16.5. The van der Waals surface area contributed by atoms with E-state index in [2.05, 4.69) is 4.98 Å². The molecule has 0 spiro atoms. The van der Waals surface area contributed by atoms with Crippen molar-refractivity contribution in [2.24, 2.45) is 0 Å². The van der Waals surface area contributed by atoms with E-state index >= 15 is 0 Å². The Morgan fingerprint density at radius 2 is 1.56 bits per heavy atom. The van der Waals surface area contributed by atoms with Crippen molar-refractivity contribution >= 4 is 11.9 Å². The van der Waals surface area contributed by atoms with E-state index in [0.29, 0.717) is 11.1 Å². The van der Waals surface area contributed by atoms with Crippen molar-refractivity contribution in [3.05, 3.63) is 71.4 Å². The minimum absolute atomic E-state index is 0.0621. The summed E-state index contributed by atoms with van der Waals surface area (Å²) in [5.74, 6) is -1.93. The molecule has 3 N–H and O–H groups in total. The minimum atomic E-state index is -1.03. The van der Waals surface area contributed by atoms with Crippen molar-refractivity contribution in [2.45, 2.75) is 13.3 Å². The highest BCUT2D eigenvalue weighted by molar-refractivity contribution is 5.98. The maximum absolute atomic E-state index is 11.7. The smallest absolute Gasteiger partial charge is 0.352 e. The fraction of sp³-hybridized carbons (Fsp3) is 0.100. The fourth-order valence-electron chi connectivity index (χ4n) is 2.97. The maximum Gasteiger partial charge on any atom is 0.352 e. The summed E-state index contributed by atoms with van der Waals surface area (Å²) in [5, 5.41) is 18.4. The van der Waals surface area contributed by atoms with Crippen molar-refractivity contribution < 1.29 is 19.8 Å². The molecule has 0 aliphatic rings. The molecule has 5 heteroatoms. The van der Waals surface area contributed by atoms with E-state index in [1.807, 2.05) is 37.3 Å². The zero-order chi connectivity index (χ0) is 18.0. The summed E-state index contributed by atoms with van der Waals surface area (Å²) in [4.78, 5) is 25.5. The Hall–Kier alpha value is -3.34. The Kier molecular flexibility index (Phi) is 4.39. The largest absolute Gasteiger partial charge is 0.481 e. The number of carboxylic acids is 2. The zero-order valence-electron chi connectivity index (χ0n) is 13.6. The monoisotopic (exact) mass is 335 g/mol. The number of carboxylic acid groups (broad SMARTS) is 2. The van der Waals surface area contributed by atoms with Crippen LogP contribution in [0, 0.1) is 6.92 Å². The minimum Gasteiger partial charge on any atom is -0.481 e. The average Bonchev–Trinajstić information content (AvgIpc) is 2.93. The van der Waals surface area contributed by atoms with Crippen molar-refractivity contribution in [1.29, 1.82) is 0 Å². The molecule has 3 rings (SSSR count). The molecule has 126 valence electrons. The lowest BCUT2D eigenvalue weighted by Gasteiger charge is -2.05.